The summed E-state index contributed by atoms with van der Waals surface area (Å²) in [6.07, 6.45) is 5.38. The average Bonchev–Trinajstić information content (AvgIpc) is 2.75. The topological polar surface area (TPSA) is 64.0 Å². The van der Waals surface area contributed by atoms with E-state index in [0.717, 1.165) is 25.2 Å². The van der Waals surface area contributed by atoms with Gasteiger partial charge in [0, 0.05) is 25.0 Å². The maximum Gasteiger partial charge on any atom is 0.152 e. The Labute approximate surface area is 110 Å². The van der Waals surface area contributed by atoms with Crippen molar-refractivity contribution in [2.75, 3.05) is 18.1 Å². The first-order valence-corrected chi connectivity index (χ1v) is 8.31. The van der Waals surface area contributed by atoms with Crippen molar-refractivity contribution in [3.8, 4) is 0 Å². The van der Waals surface area contributed by atoms with E-state index in [2.05, 4.69) is 17.2 Å². The van der Waals surface area contributed by atoms with E-state index >= 15 is 0 Å². The highest BCUT2D eigenvalue weighted by molar-refractivity contribution is 7.91. The molecule has 0 aromatic carbocycles. The smallest absolute Gasteiger partial charge is 0.152 e. The van der Waals surface area contributed by atoms with Crippen molar-refractivity contribution in [1.29, 1.82) is 0 Å². The third kappa shape index (κ3) is 5.64. The molecule has 1 aromatic rings. The quantitative estimate of drug-likeness (QED) is 0.687. The number of sulfone groups is 1. The van der Waals surface area contributed by atoms with Crippen LogP contribution in [0.3, 0.4) is 0 Å². The zero-order chi connectivity index (χ0) is 13.4. The molecule has 5 nitrogen and oxygen atoms in total. The van der Waals surface area contributed by atoms with E-state index < -0.39 is 9.84 Å². The molecular weight excluding hydrogens is 250 g/mol. The third-order valence-corrected chi connectivity index (χ3v) is 4.43. The van der Waals surface area contributed by atoms with E-state index in [9.17, 15) is 8.42 Å². The minimum Gasteiger partial charge on any atom is -0.336 e. The first-order valence-electron chi connectivity index (χ1n) is 6.49. The molecule has 0 aliphatic carbocycles. The Morgan fingerprint density at radius 2 is 2.06 bits per heavy atom. The second kappa shape index (κ2) is 7.53. The lowest BCUT2D eigenvalue weighted by Crippen LogP contribution is -2.15. The summed E-state index contributed by atoms with van der Waals surface area (Å²) in [5.41, 5.74) is 0.955. The lowest BCUT2D eigenvalue weighted by molar-refractivity contribution is 0.587. The summed E-state index contributed by atoms with van der Waals surface area (Å²) in [5, 5.41) is 3.26. The van der Waals surface area contributed by atoms with Crippen LogP contribution in [-0.2, 0) is 22.9 Å². The summed E-state index contributed by atoms with van der Waals surface area (Å²) in [7, 11) is -2.91. The molecule has 104 valence electrons. The van der Waals surface area contributed by atoms with E-state index in [-0.39, 0.29) is 11.5 Å². The number of hydrogen-bond donors (Lipinski definition) is 1. The van der Waals surface area contributed by atoms with Crippen molar-refractivity contribution in [2.24, 2.45) is 0 Å². The molecule has 1 heterocycles. The molecule has 0 unspecified atom stereocenters. The maximum absolute atomic E-state index is 11.6. The summed E-state index contributed by atoms with van der Waals surface area (Å²) >= 11 is 0. The highest BCUT2D eigenvalue weighted by atomic mass is 32.2. The van der Waals surface area contributed by atoms with Crippen LogP contribution in [0.1, 0.15) is 32.4 Å². The largest absolute Gasteiger partial charge is 0.336 e. The van der Waals surface area contributed by atoms with E-state index in [0.29, 0.717) is 13.0 Å². The number of aryl methyl sites for hydroxylation is 1. The van der Waals surface area contributed by atoms with Crippen LogP contribution < -0.4 is 5.32 Å². The van der Waals surface area contributed by atoms with Crippen molar-refractivity contribution < 1.29 is 8.42 Å². The van der Waals surface area contributed by atoms with Gasteiger partial charge in [-0.3, -0.25) is 0 Å². The molecule has 0 aliphatic rings. The fraction of sp³-hybridized carbons (Fsp3) is 0.750. The SMILES string of the molecule is CCCNCc1cn(CCS(=O)(=O)CCC)cn1. The Kier molecular flexibility index (Phi) is 6.35. The van der Waals surface area contributed by atoms with E-state index in [1.54, 1.807) is 6.33 Å². The number of aromatic nitrogens is 2. The summed E-state index contributed by atoms with van der Waals surface area (Å²) in [6, 6.07) is 0. The minimum absolute atomic E-state index is 0.193. The lowest BCUT2D eigenvalue weighted by Gasteiger charge is -2.03. The highest BCUT2D eigenvalue weighted by Gasteiger charge is 2.09. The van der Waals surface area contributed by atoms with Crippen molar-refractivity contribution in [1.82, 2.24) is 14.9 Å². The molecule has 1 N–H and O–H groups in total. The van der Waals surface area contributed by atoms with Gasteiger partial charge in [-0.2, -0.15) is 0 Å². The van der Waals surface area contributed by atoms with Gasteiger partial charge in [0.1, 0.15) is 0 Å². The van der Waals surface area contributed by atoms with Crippen LogP contribution in [0.2, 0.25) is 0 Å². The molecular formula is C12H23N3O2S. The summed E-state index contributed by atoms with van der Waals surface area (Å²) in [5.74, 6) is 0.464. The third-order valence-electron chi connectivity index (χ3n) is 2.60. The molecule has 1 rings (SSSR count). The van der Waals surface area contributed by atoms with Gasteiger partial charge in [0.15, 0.2) is 9.84 Å². The van der Waals surface area contributed by atoms with Crippen LogP contribution in [0.5, 0.6) is 0 Å². The van der Waals surface area contributed by atoms with E-state index in [1.165, 1.54) is 0 Å². The Hall–Kier alpha value is -0.880. The molecule has 0 atom stereocenters. The number of hydrogen-bond acceptors (Lipinski definition) is 4. The van der Waals surface area contributed by atoms with Gasteiger partial charge in [-0.05, 0) is 19.4 Å². The van der Waals surface area contributed by atoms with Crippen LogP contribution in [0.15, 0.2) is 12.5 Å². The van der Waals surface area contributed by atoms with Gasteiger partial charge in [0.25, 0.3) is 0 Å². The zero-order valence-electron chi connectivity index (χ0n) is 11.2. The van der Waals surface area contributed by atoms with Gasteiger partial charge in [0.2, 0.25) is 0 Å². The second-order valence-electron chi connectivity index (χ2n) is 4.43. The molecule has 0 saturated carbocycles. The molecule has 0 radical (unpaired) electrons. The zero-order valence-corrected chi connectivity index (χ0v) is 12.0. The average molecular weight is 273 g/mol. The molecule has 0 aliphatic heterocycles. The fourth-order valence-electron chi connectivity index (χ4n) is 1.67. The molecule has 0 saturated heterocycles. The summed E-state index contributed by atoms with van der Waals surface area (Å²) < 4.78 is 25.0. The van der Waals surface area contributed by atoms with Crippen molar-refractivity contribution in [3.05, 3.63) is 18.2 Å². The first-order chi connectivity index (χ1) is 8.57. The lowest BCUT2D eigenvalue weighted by atomic mass is 10.4. The van der Waals surface area contributed by atoms with E-state index in [1.807, 2.05) is 17.7 Å². The normalized spacial score (nSPS) is 11.9. The first kappa shape index (κ1) is 15.2. The molecule has 0 spiro atoms. The predicted molar refractivity (Wildman–Crippen MR) is 73.2 cm³/mol. The Bertz CT molecular complexity index is 440. The Morgan fingerprint density at radius 3 is 2.72 bits per heavy atom. The highest BCUT2D eigenvalue weighted by Crippen LogP contribution is 2.00. The van der Waals surface area contributed by atoms with E-state index in [4.69, 9.17) is 0 Å². The number of imidazole rings is 1. The van der Waals surface area contributed by atoms with Gasteiger partial charge in [-0.25, -0.2) is 13.4 Å². The summed E-state index contributed by atoms with van der Waals surface area (Å²) in [4.78, 5) is 4.24. The number of nitrogens with zero attached hydrogens (tertiary/aromatic N) is 2. The fourth-order valence-corrected chi connectivity index (χ4v) is 2.99. The number of rotatable bonds is 9. The molecule has 1 aromatic heterocycles. The minimum atomic E-state index is -2.91. The van der Waals surface area contributed by atoms with Gasteiger partial charge in [0.05, 0.1) is 17.8 Å². The van der Waals surface area contributed by atoms with Crippen LogP contribution in [-0.4, -0.2) is 36.0 Å². The maximum atomic E-state index is 11.6. The Balaban J connectivity index is 2.39. The van der Waals surface area contributed by atoms with Crippen LogP contribution in [0.25, 0.3) is 0 Å². The molecule has 0 amide bonds. The van der Waals surface area contributed by atoms with Gasteiger partial charge >= 0.3 is 0 Å². The van der Waals surface area contributed by atoms with Crippen LogP contribution >= 0.6 is 0 Å². The van der Waals surface area contributed by atoms with Crippen molar-refractivity contribution in [3.63, 3.8) is 0 Å². The summed E-state index contributed by atoms with van der Waals surface area (Å²) in [6.45, 7) is 6.19. The van der Waals surface area contributed by atoms with Crippen molar-refractivity contribution in [2.45, 2.75) is 39.8 Å². The molecule has 18 heavy (non-hydrogen) atoms. The number of nitrogens with one attached hydrogen (secondary N) is 1. The monoisotopic (exact) mass is 273 g/mol. The van der Waals surface area contributed by atoms with Crippen LogP contribution in [0.4, 0.5) is 0 Å². The van der Waals surface area contributed by atoms with Gasteiger partial charge in [-0.15, -0.1) is 0 Å². The van der Waals surface area contributed by atoms with Gasteiger partial charge < -0.3 is 9.88 Å². The predicted octanol–water partition coefficient (Wildman–Crippen LogP) is 1.21. The molecule has 0 fully saturated rings. The van der Waals surface area contributed by atoms with Crippen molar-refractivity contribution >= 4 is 9.84 Å². The molecule has 0 bridgehead atoms. The van der Waals surface area contributed by atoms with Gasteiger partial charge in [-0.1, -0.05) is 13.8 Å². The Morgan fingerprint density at radius 1 is 1.28 bits per heavy atom. The molecule has 6 heteroatoms. The second-order valence-corrected chi connectivity index (χ2v) is 6.74. The van der Waals surface area contributed by atoms with Crippen LogP contribution in [0, 0.1) is 0 Å². The standard InChI is InChI=1S/C12H23N3O2S/c1-3-5-13-9-12-10-15(11-14-12)6-8-18(16,17)7-4-2/h10-11,13H,3-9H2,1-2H3.